The molecule has 1 unspecified atom stereocenters. The van der Waals surface area contributed by atoms with Crippen LogP contribution < -0.4 is 0 Å². The molecule has 0 fully saturated rings. The van der Waals surface area contributed by atoms with Crippen molar-refractivity contribution in [2.24, 2.45) is 0 Å². The van der Waals surface area contributed by atoms with Crippen molar-refractivity contribution in [1.29, 1.82) is 0 Å². The van der Waals surface area contributed by atoms with Crippen LogP contribution in [0.1, 0.15) is 37.7 Å². The van der Waals surface area contributed by atoms with Crippen molar-refractivity contribution in [2.75, 3.05) is 19.0 Å². The summed E-state index contributed by atoms with van der Waals surface area (Å²) < 4.78 is 5.69. The van der Waals surface area contributed by atoms with Crippen molar-refractivity contribution in [3.8, 4) is 0 Å². The summed E-state index contributed by atoms with van der Waals surface area (Å²) in [5.74, 6) is 1.27. The largest absolute Gasteiger partial charge is 0.381 e. The molecule has 16 heavy (non-hydrogen) atoms. The predicted molar refractivity (Wildman–Crippen MR) is 73.4 cm³/mol. The Morgan fingerprint density at radius 2 is 1.94 bits per heavy atom. The first-order chi connectivity index (χ1) is 7.88. The molecule has 0 aliphatic carbocycles. The van der Waals surface area contributed by atoms with Crippen LogP contribution in [-0.2, 0) is 4.74 Å². The smallest absolute Gasteiger partial charge is 0.0542 e. The Hall–Kier alpha value is -0.470. The lowest BCUT2D eigenvalue weighted by Gasteiger charge is -2.15. The Morgan fingerprint density at radius 3 is 2.56 bits per heavy atom. The van der Waals surface area contributed by atoms with Crippen LogP contribution in [0.4, 0.5) is 0 Å². The molecule has 1 aromatic carbocycles. The van der Waals surface area contributed by atoms with Crippen LogP contribution in [0.25, 0.3) is 0 Å². The summed E-state index contributed by atoms with van der Waals surface area (Å²) in [7, 11) is 0. The summed E-state index contributed by atoms with van der Waals surface area (Å²) in [6.45, 7) is 3.88. The lowest BCUT2D eigenvalue weighted by atomic mass is 10.0. The minimum atomic E-state index is 0.422. The maximum absolute atomic E-state index is 5.69. The molecule has 0 bridgehead atoms. The molecule has 0 aliphatic rings. The van der Waals surface area contributed by atoms with Gasteiger partial charge in [0.2, 0.25) is 0 Å². The number of hydrogen-bond donors (Lipinski definition) is 1. The normalized spacial score (nSPS) is 12.6. The molecule has 0 saturated carbocycles. The molecule has 1 nitrogen and oxygen atoms in total. The van der Waals surface area contributed by atoms with Crippen LogP contribution in [0.3, 0.4) is 0 Å². The summed E-state index contributed by atoms with van der Waals surface area (Å²) >= 11 is 4.39. The van der Waals surface area contributed by atoms with Crippen molar-refractivity contribution in [2.45, 2.75) is 32.1 Å². The standard InChI is InChI=1S/C14H22OS/c1-2-3-7-10-15-11-14(12-16)13-8-5-4-6-9-13/h4-6,8-9,14,16H,2-3,7,10-12H2,1H3. The van der Waals surface area contributed by atoms with E-state index in [-0.39, 0.29) is 0 Å². The number of ether oxygens (including phenoxy) is 1. The Morgan fingerprint density at radius 1 is 1.19 bits per heavy atom. The molecule has 1 aromatic rings. The molecule has 1 rings (SSSR count). The maximum atomic E-state index is 5.69. The molecule has 0 saturated heterocycles. The molecule has 0 radical (unpaired) electrons. The second-order valence-corrected chi connectivity index (χ2v) is 4.44. The van der Waals surface area contributed by atoms with Gasteiger partial charge in [-0.2, -0.15) is 12.6 Å². The van der Waals surface area contributed by atoms with Crippen molar-refractivity contribution < 1.29 is 4.74 Å². The molecule has 2 heteroatoms. The molecule has 0 N–H and O–H groups in total. The molecule has 90 valence electrons. The molecule has 1 atom stereocenters. The molecule has 0 heterocycles. The van der Waals surface area contributed by atoms with E-state index in [1.807, 2.05) is 6.07 Å². The van der Waals surface area contributed by atoms with E-state index in [0.717, 1.165) is 19.0 Å². The minimum absolute atomic E-state index is 0.422. The second kappa shape index (κ2) is 8.66. The van der Waals surface area contributed by atoms with E-state index in [1.54, 1.807) is 0 Å². The van der Waals surface area contributed by atoms with E-state index in [1.165, 1.54) is 24.8 Å². The van der Waals surface area contributed by atoms with Gasteiger partial charge >= 0.3 is 0 Å². The zero-order valence-corrected chi connectivity index (χ0v) is 11.0. The fourth-order valence-electron chi connectivity index (χ4n) is 1.66. The van der Waals surface area contributed by atoms with Crippen LogP contribution in [0.5, 0.6) is 0 Å². The average Bonchev–Trinajstić information content (AvgIpc) is 2.35. The monoisotopic (exact) mass is 238 g/mol. The quantitative estimate of drug-likeness (QED) is 0.534. The molecular formula is C14H22OS. The van der Waals surface area contributed by atoms with Gasteiger partial charge in [0.1, 0.15) is 0 Å². The number of rotatable bonds is 8. The Labute approximate surface area is 105 Å². The lowest BCUT2D eigenvalue weighted by molar-refractivity contribution is 0.121. The fraction of sp³-hybridized carbons (Fsp3) is 0.571. The van der Waals surface area contributed by atoms with E-state index in [9.17, 15) is 0 Å². The average molecular weight is 238 g/mol. The Kier molecular flexibility index (Phi) is 7.35. The summed E-state index contributed by atoms with van der Waals surface area (Å²) in [4.78, 5) is 0. The highest BCUT2D eigenvalue weighted by Crippen LogP contribution is 2.17. The molecular weight excluding hydrogens is 216 g/mol. The van der Waals surface area contributed by atoms with Gasteiger partial charge in [-0.05, 0) is 17.7 Å². The topological polar surface area (TPSA) is 9.23 Å². The van der Waals surface area contributed by atoms with E-state index >= 15 is 0 Å². The van der Waals surface area contributed by atoms with Crippen LogP contribution in [0, 0.1) is 0 Å². The summed E-state index contributed by atoms with van der Waals surface area (Å²) in [5, 5.41) is 0. The van der Waals surface area contributed by atoms with Gasteiger partial charge in [-0.25, -0.2) is 0 Å². The zero-order chi connectivity index (χ0) is 11.6. The van der Waals surface area contributed by atoms with Gasteiger partial charge in [-0.3, -0.25) is 0 Å². The number of unbranched alkanes of at least 4 members (excludes halogenated alkanes) is 2. The van der Waals surface area contributed by atoms with Crippen LogP contribution in [0.2, 0.25) is 0 Å². The molecule has 0 aliphatic heterocycles. The van der Waals surface area contributed by atoms with Crippen molar-refractivity contribution >= 4 is 12.6 Å². The van der Waals surface area contributed by atoms with E-state index < -0.39 is 0 Å². The highest BCUT2D eigenvalue weighted by molar-refractivity contribution is 7.80. The third-order valence-corrected chi connectivity index (χ3v) is 3.14. The van der Waals surface area contributed by atoms with Crippen molar-refractivity contribution in [1.82, 2.24) is 0 Å². The first-order valence-electron chi connectivity index (χ1n) is 6.12. The number of hydrogen-bond acceptors (Lipinski definition) is 2. The van der Waals surface area contributed by atoms with Crippen LogP contribution in [-0.4, -0.2) is 19.0 Å². The van der Waals surface area contributed by atoms with Crippen LogP contribution >= 0.6 is 12.6 Å². The SMILES string of the molecule is CCCCCOCC(CS)c1ccccc1. The number of thiol groups is 1. The first kappa shape index (κ1) is 13.6. The summed E-state index contributed by atoms with van der Waals surface area (Å²) in [5.41, 5.74) is 1.33. The first-order valence-corrected chi connectivity index (χ1v) is 6.75. The third kappa shape index (κ3) is 5.04. The van der Waals surface area contributed by atoms with E-state index in [0.29, 0.717) is 5.92 Å². The fourth-order valence-corrected chi connectivity index (χ4v) is 1.98. The molecule has 0 aromatic heterocycles. The summed E-state index contributed by atoms with van der Waals surface area (Å²) in [6.07, 6.45) is 3.68. The summed E-state index contributed by atoms with van der Waals surface area (Å²) in [6, 6.07) is 10.5. The highest BCUT2D eigenvalue weighted by Gasteiger charge is 2.08. The Balaban J connectivity index is 2.27. The van der Waals surface area contributed by atoms with Gasteiger partial charge in [0.15, 0.2) is 0 Å². The molecule has 0 spiro atoms. The predicted octanol–water partition coefficient (Wildman–Crippen LogP) is 3.91. The van der Waals surface area contributed by atoms with Gasteiger partial charge in [0.25, 0.3) is 0 Å². The maximum Gasteiger partial charge on any atom is 0.0542 e. The van der Waals surface area contributed by atoms with E-state index in [2.05, 4.69) is 43.8 Å². The molecule has 0 amide bonds. The van der Waals surface area contributed by atoms with Gasteiger partial charge in [0, 0.05) is 12.5 Å². The minimum Gasteiger partial charge on any atom is -0.381 e. The zero-order valence-electron chi connectivity index (χ0n) is 10.1. The number of benzene rings is 1. The van der Waals surface area contributed by atoms with Crippen molar-refractivity contribution in [3.05, 3.63) is 35.9 Å². The third-order valence-electron chi connectivity index (χ3n) is 2.70. The van der Waals surface area contributed by atoms with Gasteiger partial charge < -0.3 is 4.74 Å². The van der Waals surface area contributed by atoms with E-state index in [4.69, 9.17) is 4.74 Å². The Bertz CT molecular complexity index is 261. The lowest BCUT2D eigenvalue weighted by Crippen LogP contribution is -2.10. The van der Waals surface area contributed by atoms with Gasteiger partial charge in [-0.1, -0.05) is 50.1 Å². The van der Waals surface area contributed by atoms with Gasteiger partial charge in [0.05, 0.1) is 6.61 Å². The highest BCUT2D eigenvalue weighted by atomic mass is 32.1. The van der Waals surface area contributed by atoms with Gasteiger partial charge in [-0.15, -0.1) is 0 Å². The van der Waals surface area contributed by atoms with Crippen LogP contribution in [0.15, 0.2) is 30.3 Å². The second-order valence-electron chi connectivity index (χ2n) is 4.07. The van der Waals surface area contributed by atoms with Crippen molar-refractivity contribution in [3.63, 3.8) is 0 Å².